The summed E-state index contributed by atoms with van der Waals surface area (Å²) in [4.78, 5) is 12.4. The summed E-state index contributed by atoms with van der Waals surface area (Å²) < 4.78 is 10.5. The van der Waals surface area contributed by atoms with Crippen LogP contribution in [0.1, 0.15) is 15.9 Å². The highest BCUT2D eigenvalue weighted by molar-refractivity contribution is 6.07. The topological polar surface area (TPSA) is 59.9 Å². The van der Waals surface area contributed by atoms with Crippen molar-refractivity contribution in [1.82, 2.24) is 5.43 Å². The molecule has 0 spiro atoms. The van der Waals surface area contributed by atoms with Crippen molar-refractivity contribution in [3.8, 4) is 11.5 Å². The summed E-state index contributed by atoms with van der Waals surface area (Å²) in [7, 11) is 3.17. The lowest BCUT2D eigenvalue weighted by atomic mass is 10.0. The number of nitrogens with zero attached hydrogens (tertiary/aromatic N) is 1. The van der Waals surface area contributed by atoms with Gasteiger partial charge in [0.15, 0.2) is 0 Å². The zero-order chi connectivity index (χ0) is 17.6. The van der Waals surface area contributed by atoms with E-state index in [-0.39, 0.29) is 5.91 Å². The van der Waals surface area contributed by atoms with Crippen LogP contribution in [0.25, 0.3) is 10.8 Å². The van der Waals surface area contributed by atoms with E-state index in [4.69, 9.17) is 9.47 Å². The van der Waals surface area contributed by atoms with Crippen LogP contribution < -0.4 is 14.9 Å². The third-order valence-corrected chi connectivity index (χ3v) is 3.84. The molecule has 1 amide bonds. The standard InChI is InChI=1S/C20H18N2O3/c1-24-16-10-11-19(25-2)15(12-16)13-21-22-20(23)18-9-5-7-14-6-3-4-8-17(14)18/h3-13H,1-2H3,(H,22,23). The van der Waals surface area contributed by atoms with Crippen molar-refractivity contribution in [3.05, 3.63) is 71.8 Å². The van der Waals surface area contributed by atoms with Gasteiger partial charge in [-0.05, 0) is 35.0 Å². The summed E-state index contributed by atoms with van der Waals surface area (Å²) in [6, 6.07) is 18.7. The minimum atomic E-state index is -0.269. The number of fused-ring (bicyclic) bond motifs is 1. The third-order valence-electron chi connectivity index (χ3n) is 3.84. The molecule has 0 atom stereocenters. The quantitative estimate of drug-likeness (QED) is 0.573. The average Bonchev–Trinajstić information content (AvgIpc) is 2.67. The number of carbonyl (C=O) groups excluding carboxylic acids is 1. The van der Waals surface area contributed by atoms with Crippen LogP contribution in [0, 0.1) is 0 Å². The Labute approximate surface area is 145 Å². The first-order chi connectivity index (χ1) is 12.2. The number of benzene rings is 3. The fourth-order valence-electron chi connectivity index (χ4n) is 2.58. The Morgan fingerprint density at radius 2 is 1.80 bits per heavy atom. The van der Waals surface area contributed by atoms with E-state index in [9.17, 15) is 4.79 Å². The minimum Gasteiger partial charge on any atom is -0.497 e. The number of hydrogen-bond donors (Lipinski definition) is 1. The maximum Gasteiger partial charge on any atom is 0.271 e. The third kappa shape index (κ3) is 3.61. The van der Waals surface area contributed by atoms with E-state index in [1.54, 1.807) is 38.5 Å². The molecule has 0 saturated carbocycles. The van der Waals surface area contributed by atoms with Crippen LogP contribution in [-0.4, -0.2) is 26.3 Å². The van der Waals surface area contributed by atoms with Crippen LogP contribution in [0.5, 0.6) is 11.5 Å². The SMILES string of the molecule is COc1ccc(OC)c(C=NNC(=O)c2cccc3ccccc23)c1. The molecule has 1 N–H and O–H groups in total. The van der Waals surface area contributed by atoms with Gasteiger partial charge in [-0.2, -0.15) is 5.10 Å². The second-order valence-corrected chi connectivity index (χ2v) is 5.33. The van der Waals surface area contributed by atoms with Crippen molar-refractivity contribution in [2.75, 3.05) is 14.2 Å². The molecule has 0 aliphatic carbocycles. The van der Waals surface area contributed by atoms with Crippen molar-refractivity contribution >= 4 is 22.9 Å². The van der Waals surface area contributed by atoms with Crippen LogP contribution in [0.2, 0.25) is 0 Å². The Morgan fingerprint density at radius 1 is 1.00 bits per heavy atom. The van der Waals surface area contributed by atoms with E-state index in [0.29, 0.717) is 22.6 Å². The van der Waals surface area contributed by atoms with Gasteiger partial charge in [-0.3, -0.25) is 4.79 Å². The molecular weight excluding hydrogens is 316 g/mol. The summed E-state index contributed by atoms with van der Waals surface area (Å²) in [5.41, 5.74) is 3.85. The van der Waals surface area contributed by atoms with Gasteiger partial charge >= 0.3 is 0 Å². The van der Waals surface area contributed by atoms with E-state index in [2.05, 4.69) is 10.5 Å². The molecule has 0 unspecified atom stereocenters. The molecule has 5 nitrogen and oxygen atoms in total. The van der Waals surface area contributed by atoms with E-state index in [0.717, 1.165) is 10.8 Å². The van der Waals surface area contributed by atoms with Gasteiger partial charge in [0.25, 0.3) is 5.91 Å². The molecule has 3 rings (SSSR count). The Balaban J connectivity index is 1.81. The summed E-state index contributed by atoms with van der Waals surface area (Å²) in [6.45, 7) is 0. The number of carbonyl (C=O) groups is 1. The Hall–Kier alpha value is -3.34. The highest BCUT2D eigenvalue weighted by Crippen LogP contribution is 2.22. The monoisotopic (exact) mass is 334 g/mol. The van der Waals surface area contributed by atoms with E-state index in [1.807, 2.05) is 36.4 Å². The summed E-state index contributed by atoms with van der Waals surface area (Å²) >= 11 is 0. The summed E-state index contributed by atoms with van der Waals surface area (Å²) in [6.07, 6.45) is 1.53. The maximum absolute atomic E-state index is 12.4. The molecule has 0 aliphatic heterocycles. The van der Waals surface area contributed by atoms with Crippen molar-refractivity contribution in [3.63, 3.8) is 0 Å². The lowest BCUT2D eigenvalue weighted by molar-refractivity contribution is 0.0957. The molecule has 0 aromatic heterocycles. The Kier molecular flexibility index (Phi) is 4.95. The van der Waals surface area contributed by atoms with Crippen LogP contribution in [0.3, 0.4) is 0 Å². The molecule has 3 aromatic carbocycles. The maximum atomic E-state index is 12.4. The molecule has 0 saturated heterocycles. The Bertz CT molecular complexity index is 930. The zero-order valence-corrected chi connectivity index (χ0v) is 14.0. The first kappa shape index (κ1) is 16.5. The normalized spacial score (nSPS) is 10.8. The highest BCUT2D eigenvalue weighted by Gasteiger charge is 2.08. The van der Waals surface area contributed by atoms with Gasteiger partial charge in [0, 0.05) is 11.1 Å². The van der Waals surface area contributed by atoms with Crippen LogP contribution in [-0.2, 0) is 0 Å². The van der Waals surface area contributed by atoms with Crippen LogP contribution >= 0.6 is 0 Å². The van der Waals surface area contributed by atoms with Gasteiger partial charge in [-0.15, -0.1) is 0 Å². The smallest absolute Gasteiger partial charge is 0.271 e. The number of amides is 1. The molecular formula is C20H18N2O3. The molecule has 126 valence electrons. The largest absolute Gasteiger partial charge is 0.497 e. The lowest BCUT2D eigenvalue weighted by Crippen LogP contribution is -2.18. The molecule has 0 radical (unpaired) electrons. The first-order valence-corrected chi connectivity index (χ1v) is 7.76. The molecule has 0 aliphatic rings. The van der Waals surface area contributed by atoms with Crippen molar-refractivity contribution < 1.29 is 14.3 Å². The van der Waals surface area contributed by atoms with E-state index < -0.39 is 0 Å². The number of rotatable bonds is 5. The second kappa shape index (κ2) is 7.49. The predicted octanol–water partition coefficient (Wildman–Crippen LogP) is 3.62. The van der Waals surface area contributed by atoms with Crippen LogP contribution in [0.4, 0.5) is 0 Å². The van der Waals surface area contributed by atoms with Gasteiger partial charge in [-0.25, -0.2) is 5.43 Å². The highest BCUT2D eigenvalue weighted by atomic mass is 16.5. The number of hydrazone groups is 1. The molecule has 25 heavy (non-hydrogen) atoms. The van der Waals surface area contributed by atoms with E-state index in [1.165, 1.54) is 6.21 Å². The van der Waals surface area contributed by atoms with Crippen molar-refractivity contribution in [2.24, 2.45) is 5.10 Å². The van der Waals surface area contributed by atoms with Gasteiger partial charge in [0.2, 0.25) is 0 Å². The second-order valence-electron chi connectivity index (χ2n) is 5.33. The van der Waals surface area contributed by atoms with Gasteiger partial charge in [0.05, 0.1) is 20.4 Å². The van der Waals surface area contributed by atoms with Gasteiger partial charge < -0.3 is 9.47 Å². The molecule has 0 heterocycles. The average molecular weight is 334 g/mol. The lowest BCUT2D eigenvalue weighted by Gasteiger charge is -2.07. The molecule has 3 aromatic rings. The predicted molar refractivity (Wildman–Crippen MR) is 98.6 cm³/mol. The fraction of sp³-hybridized carbons (Fsp3) is 0.100. The van der Waals surface area contributed by atoms with Gasteiger partial charge in [-0.1, -0.05) is 36.4 Å². The Morgan fingerprint density at radius 3 is 2.60 bits per heavy atom. The number of hydrogen-bond acceptors (Lipinski definition) is 4. The summed E-state index contributed by atoms with van der Waals surface area (Å²) in [5, 5.41) is 5.94. The minimum absolute atomic E-state index is 0.269. The van der Waals surface area contributed by atoms with Crippen molar-refractivity contribution in [2.45, 2.75) is 0 Å². The van der Waals surface area contributed by atoms with Gasteiger partial charge in [0.1, 0.15) is 11.5 Å². The number of methoxy groups -OCH3 is 2. The van der Waals surface area contributed by atoms with Crippen LogP contribution in [0.15, 0.2) is 65.8 Å². The first-order valence-electron chi connectivity index (χ1n) is 7.76. The number of ether oxygens (including phenoxy) is 2. The fourth-order valence-corrected chi connectivity index (χ4v) is 2.58. The van der Waals surface area contributed by atoms with E-state index >= 15 is 0 Å². The zero-order valence-electron chi connectivity index (χ0n) is 14.0. The summed E-state index contributed by atoms with van der Waals surface area (Å²) in [5.74, 6) is 1.06. The molecule has 0 fully saturated rings. The molecule has 0 bridgehead atoms. The number of nitrogens with one attached hydrogen (secondary N) is 1. The van der Waals surface area contributed by atoms with Crippen molar-refractivity contribution in [1.29, 1.82) is 0 Å². The molecule has 5 heteroatoms.